The summed E-state index contributed by atoms with van der Waals surface area (Å²) >= 11 is 3.28. The van der Waals surface area contributed by atoms with Crippen molar-refractivity contribution >= 4 is 33.7 Å². The summed E-state index contributed by atoms with van der Waals surface area (Å²) in [5.74, 6) is 1.51. The lowest BCUT2D eigenvalue weighted by molar-refractivity contribution is -0.140. The Morgan fingerprint density at radius 1 is 0.909 bits per heavy atom. The van der Waals surface area contributed by atoms with Crippen molar-refractivity contribution in [2.75, 3.05) is 26.8 Å². The number of hydrogen-bond donors (Lipinski definition) is 1. The van der Waals surface area contributed by atoms with Crippen LogP contribution in [0.15, 0.2) is 102 Å². The van der Waals surface area contributed by atoms with Gasteiger partial charge in [0, 0.05) is 29.4 Å². The first kappa shape index (κ1) is 32.3. The van der Waals surface area contributed by atoms with Crippen LogP contribution in [0.2, 0.25) is 0 Å². The van der Waals surface area contributed by atoms with Crippen molar-refractivity contribution in [3.05, 3.63) is 113 Å². The fraction of sp³-hybridized carbons (Fsp3) is 0.229. The minimum atomic E-state index is -0.534. The molecule has 1 saturated heterocycles. The van der Waals surface area contributed by atoms with Crippen molar-refractivity contribution in [2.24, 2.45) is 5.73 Å². The van der Waals surface area contributed by atoms with Crippen molar-refractivity contribution in [1.82, 2.24) is 4.90 Å². The van der Waals surface area contributed by atoms with Crippen LogP contribution in [0, 0.1) is 0 Å². The minimum Gasteiger partial charge on any atom is -0.491 e. The fourth-order valence-corrected chi connectivity index (χ4v) is 5.00. The van der Waals surface area contributed by atoms with Gasteiger partial charge in [0.15, 0.2) is 0 Å². The number of para-hydroxylation sites is 2. The predicted octanol–water partition coefficient (Wildman–Crippen LogP) is 6.80. The molecule has 2 amide bonds. The number of benzene rings is 4. The molecule has 0 spiro atoms. The van der Waals surface area contributed by atoms with Gasteiger partial charge in [-0.2, -0.15) is 0 Å². The zero-order valence-electron chi connectivity index (χ0n) is 24.5. The lowest BCUT2D eigenvalue weighted by Gasteiger charge is -2.16. The Hall–Kier alpha value is -4.63. The normalized spacial score (nSPS) is 12.2. The summed E-state index contributed by atoms with van der Waals surface area (Å²) in [6.45, 7) is 1.67. The van der Waals surface area contributed by atoms with Crippen molar-refractivity contribution in [3.63, 3.8) is 0 Å². The average Bonchev–Trinajstić information content (AvgIpc) is 3.46. The quantitative estimate of drug-likeness (QED) is 0.178. The third-order valence-corrected chi connectivity index (χ3v) is 7.46. The first-order valence-electron chi connectivity index (χ1n) is 14.3. The topological polar surface area (TPSA) is 108 Å². The third kappa shape index (κ3) is 9.44. The number of nitrogens with zero attached hydrogens (tertiary/aromatic N) is 1. The number of likely N-dealkylation sites (tertiary alicyclic amines) is 1. The molecule has 0 saturated carbocycles. The smallest absolute Gasteiger partial charge is 0.305 e. The van der Waals surface area contributed by atoms with Crippen molar-refractivity contribution in [1.29, 1.82) is 0 Å². The van der Waals surface area contributed by atoms with E-state index < -0.39 is 5.91 Å². The van der Waals surface area contributed by atoms with Gasteiger partial charge < -0.3 is 24.8 Å². The summed E-state index contributed by atoms with van der Waals surface area (Å²) in [5, 5.41) is 0. The van der Waals surface area contributed by atoms with Gasteiger partial charge >= 0.3 is 5.97 Å². The molecule has 0 aliphatic carbocycles. The second-order valence-corrected chi connectivity index (χ2v) is 10.9. The molecule has 5 rings (SSSR count). The van der Waals surface area contributed by atoms with Crippen LogP contribution in [-0.4, -0.2) is 49.5 Å². The lowest BCUT2D eigenvalue weighted by Crippen LogP contribution is -2.29. The molecule has 2 N–H and O–H groups in total. The van der Waals surface area contributed by atoms with Gasteiger partial charge in [-0.3, -0.25) is 14.4 Å². The van der Waals surface area contributed by atoms with Crippen LogP contribution in [0.3, 0.4) is 0 Å². The molecule has 44 heavy (non-hydrogen) atoms. The van der Waals surface area contributed by atoms with E-state index in [0.29, 0.717) is 43.7 Å². The predicted molar refractivity (Wildman–Crippen MR) is 173 cm³/mol. The molecular weight excluding hydrogens is 624 g/mol. The molecule has 228 valence electrons. The van der Waals surface area contributed by atoms with E-state index in [-0.39, 0.29) is 11.9 Å². The molecule has 4 aromatic rings. The zero-order chi connectivity index (χ0) is 31.3. The second-order valence-electron chi connectivity index (χ2n) is 10.0. The molecule has 8 nitrogen and oxygen atoms in total. The van der Waals surface area contributed by atoms with Gasteiger partial charge in [0.2, 0.25) is 5.91 Å². The largest absolute Gasteiger partial charge is 0.491 e. The highest BCUT2D eigenvalue weighted by Gasteiger charge is 2.20. The van der Waals surface area contributed by atoms with Gasteiger partial charge in [-0.1, -0.05) is 76.6 Å². The van der Waals surface area contributed by atoms with E-state index in [1.807, 2.05) is 66.7 Å². The number of ether oxygens (including phenoxy) is 3. The first-order valence-corrected chi connectivity index (χ1v) is 15.1. The Bertz CT molecular complexity index is 1560. The maximum atomic E-state index is 11.4. The van der Waals surface area contributed by atoms with E-state index in [1.165, 1.54) is 7.11 Å². The number of halogens is 1. The van der Waals surface area contributed by atoms with Gasteiger partial charge in [0.1, 0.15) is 23.9 Å². The number of hydrogen-bond acceptors (Lipinski definition) is 6. The maximum absolute atomic E-state index is 11.4. The van der Waals surface area contributed by atoms with Crippen LogP contribution >= 0.6 is 15.9 Å². The van der Waals surface area contributed by atoms with Gasteiger partial charge in [-0.15, -0.1) is 0 Å². The Kier molecular flexibility index (Phi) is 11.9. The Labute approximate surface area is 265 Å². The van der Waals surface area contributed by atoms with Crippen LogP contribution in [-0.2, 0) is 20.7 Å². The number of aryl methyl sites for hydroxylation is 1. The standard InChI is InChI=1S/C22H20O3.C13H15BrN2O3/c1-24-22(23)16-13-17-11-14-18(15-12-17)20-9-5-6-10-21(20)25-19-7-3-2-4-8-19;14-9-3-4-11(10(8-9)13(15)18)19-7-6-16-5-1-2-12(16)17/h2-12,14-15H,13,16H2,1H3;3-4,8H,1-2,5-7H2,(H2,15,18). The van der Waals surface area contributed by atoms with Crippen LogP contribution in [0.5, 0.6) is 17.2 Å². The highest BCUT2D eigenvalue weighted by atomic mass is 79.9. The lowest BCUT2D eigenvalue weighted by atomic mass is 10.0. The molecule has 1 aliphatic rings. The number of amides is 2. The molecule has 0 bridgehead atoms. The summed E-state index contributed by atoms with van der Waals surface area (Å²) in [7, 11) is 1.41. The average molecular weight is 660 g/mol. The van der Waals surface area contributed by atoms with Crippen molar-refractivity contribution < 1.29 is 28.6 Å². The molecule has 0 radical (unpaired) electrons. The summed E-state index contributed by atoms with van der Waals surface area (Å²) in [5.41, 5.74) is 8.85. The number of esters is 1. The molecule has 4 aromatic carbocycles. The third-order valence-electron chi connectivity index (χ3n) is 6.97. The monoisotopic (exact) mass is 658 g/mol. The Morgan fingerprint density at radius 2 is 1.64 bits per heavy atom. The number of methoxy groups -OCH3 is 1. The molecule has 0 unspecified atom stereocenters. The van der Waals surface area contributed by atoms with Gasteiger partial charge in [-0.05, 0) is 60.4 Å². The van der Waals surface area contributed by atoms with Crippen LogP contribution in [0.4, 0.5) is 0 Å². The molecule has 1 heterocycles. The number of rotatable bonds is 11. The minimum absolute atomic E-state index is 0.162. The van der Waals surface area contributed by atoms with Crippen LogP contribution in [0.25, 0.3) is 11.1 Å². The zero-order valence-corrected chi connectivity index (χ0v) is 26.1. The Balaban J connectivity index is 0.000000209. The van der Waals surface area contributed by atoms with E-state index in [9.17, 15) is 14.4 Å². The highest BCUT2D eigenvalue weighted by Crippen LogP contribution is 2.33. The van der Waals surface area contributed by atoms with Gasteiger partial charge in [-0.25, -0.2) is 0 Å². The van der Waals surface area contributed by atoms with Gasteiger partial charge in [0.25, 0.3) is 5.91 Å². The van der Waals surface area contributed by atoms with E-state index in [4.69, 9.17) is 15.2 Å². The molecule has 1 aliphatic heterocycles. The summed E-state index contributed by atoms with van der Waals surface area (Å²) in [6.07, 6.45) is 2.59. The maximum Gasteiger partial charge on any atom is 0.305 e. The van der Waals surface area contributed by atoms with E-state index >= 15 is 0 Å². The van der Waals surface area contributed by atoms with E-state index in [1.54, 1.807) is 23.1 Å². The molecular formula is C35H35BrN2O6. The van der Waals surface area contributed by atoms with Crippen molar-refractivity contribution in [3.8, 4) is 28.4 Å². The van der Waals surface area contributed by atoms with Gasteiger partial charge in [0.05, 0.1) is 19.2 Å². The fourth-order valence-electron chi connectivity index (χ4n) is 4.64. The van der Waals surface area contributed by atoms with E-state index in [2.05, 4.69) is 32.8 Å². The summed E-state index contributed by atoms with van der Waals surface area (Å²) in [6, 6.07) is 31.0. The molecule has 9 heteroatoms. The SMILES string of the molecule is COC(=O)CCc1ccc(-c2ccccc2Oc2ccccc2)cc1.NC(=O)c1cc(Br)ccc1OCCN1CCCC1=O. The number of carbonyl (C=O) groups excluding carboxylic acids is 3. The number of nitrogens with two attached hydrogens (primary N) is 1. The van der Waals surface area contributed by atoms with Crippen molar-refractivity contribution in [2.45, 2.75) is 25.7 Å². The summed E-state index contributed by atoms with van der Waals surface area (Å²) in [4.78, 5) is 35.7. The van der Waals surface area contributed by atoms with Crippen LogP contribution in [0.1, 0.15) is 35.2 Å². The summed E-state index contributed by atoms with van der Waals surface area (Å²) < 4.78 is 17.0. The number of carbonyl (C=O) groups is 3. The highest BCUT2D eigenvalue weighted by molar-refractivity contribution is 9.10. The van der Waals surface area contributed by atoms with E-state index in [0.717, 1.165) is 45.6 Å². The molecule has 0 atom stereocenters. The number of primary amides is 1. The molecule has 1 fully saturated rings. The van der Waals surface area contributed by atoms with Crippen LogP contribution < -0.4 is 15.2 Å². The second kappa shape index (κ2) is 16.3. The molecule has 0 aromatic heterocycles. The first-order chi connectivity index (χ1) is 21.3. The Morgan fingerprint density at radius 3 is 2.32 bits per heavy atom.